The lowest BCUT2D eigenvalue weighted by atomic mass is 10.2. The maximum absolute atomic E-state index is 11.1. The Morgan fingerprint density at radius 2 is 2.08 bits per heavy atom. The van der Waals surface area contributed by atoms with Crippen LogP contribution in [-0.2, 0) is 10.2 Å². The second-order valence-electron chi connectivity index (χ2n) is 2.65. The molecule has 1 unspecified atom stereocenters. The zero-order valence-corrected chi connectivity index (χ0v) is 9.33. The van der Waals surface area contributed by atoms with Crippen molar-refractivity contribution < 1.29 is 8.42 Å². The fourth-order valence-corrected chi connectivity index (χ4v) is 1.61. The molecule has 0 aromatic carbocycles. The standard InChI is InChI=1S/C6H15N3O2S2/c1-3-8-13(10,11)9-4-5(2)6(7)12/h5,8-9H,3-4H2,1-2H3,(H2,7,12). The summed E-state index contributed by atoms with van der Waals surface area (Å²) in [6.45, 7) is 4.05. The molecule has 0 saturated heterocycles. The van der Waals surface area contributed by atoms with Gasteiger partial charge in [0.25, 0.3) is 10.2 Å². The van der Waals surface area contributed by atoms with Gasteiger partial charge in [-0.25, -0.2) is 9.44 Å². The summed E-state index contributed by atoms with van der Waals surface area (Å²) in [6, 6.07) is 0. The molecule has 0 bridgehead atoms. The summed E-state index contributed by atoms with van der Waals surface area (Å²) < 4.78 is 26.7. The number of thiocarbonyl (C=S) groups is 1. The zero-order valence-electron chi connectivity index (χ0n) is 7.70. The van der Waals surface area contributed by atoms with Gasteiger partial charge in [0.05, 0.1) is 4.99 Å². The summed E-state index contributed by atoms with van der Waals surface area (Å²) in [5.41, 5.74) is 5.32. The number of hydrogen-bond acceptors (Lipinski definition) is 3. The largest absolute Gasteiger partial charge is 0.393 e. The molecule has 0 amide bonds. The molecule has 0 aliphatic carbocycles. The average molecular weight is 225 g/mol. The number of nitrogens with two attached hydrogens (primary N) is 1. The van der Waals surface area contributed by atoms with Crippen molar-refractivity contribution in [3.8, 4) is 0 Å². The topological polar surface area (TPSA) is 84.2 Å². The third-order valence-corrected chi connectivity index (χ3v) is 3.02. The van der Waals surface area contributed by atoms with E-state index in [1.165, 1.54) is 0 Å². The van der Waals surface area contributed by atoms with Gasteiger partial charge in [0.1, 0.15) is 0 Å². The summed E-state index contributed by atoms with van der Waals surface area (Å²) in [4.78, 5) is 0.305. The molecule has 0 radical (unpaired) electrons. The fourth-order valence-electron chi connectivity index (χ4n) is 0.576. The van der Waals surface area contributed by atoms with Crippen molar-refractivity contribution in [2.45, 2.75) is 13.8 Å². The molecular formula is C6H15N3O2S2. The summed E-state index contributed by atoms with van der Waals surface area (Å²) in [7, 11) is -3.38. The Bertz CT molecular complexity index is 263. The monoisotopic (exact) mass is 225 g/mol. The van der Waals surface area contributed by atoms with Crippen molar-refractivity contribution in [2.24, 2.45) is 11.7 Å². The van der Waals surface area contributed by atoms with E-state index in [1.54, 1.807) is 13.8 Å². The van der Waals surface area contributed by atoms with Crippen LogP contribution in [0.3, 0.4) is 0 Å². The average Bonchev–Trinajstić information content (AvgIpc) is 2.00. The quantitative estimate of drug-likeness (QED) is 0.525. The zero-order chi connectivity index (χ0) is 10.5. The van der Waals surface area contributed by atoms with Crippen molar-refractivity contribution >= 4 is 27.4 Å². The van der Waals surface area contributed by atoms with E-state index in [-0.39, 0.29) is 12.5 Å². The van der Waals surface area contributed by atoms with Crippen LogP contribution in [0.4, 0.5) is 0 Å². The summed E-state index contributed by atoms with van der Waals surface area (Å²) in [5.74, 6) is -0.136. The van der Waals surface area contributed by atoms with E-state index in [0.29, 0.717) is 11.5 Å². The maximum atomic E-state index is 11.1. The van der Waals surface area contributed by atoms with Gasteiger partial charge in [0, 0.05) is 19.0 Å². The van der Waals surface area contributed by atoms with Crippen LogP contribution in [-0.4, -0.2) is 26.5 Å². The molecule has 5 nitrogen and oxygen atoms in total. The Hall–Kier alpha value is -0.240. The molecule has 0 aromatic rings. The van der Waals surface area contributed by atoms with Gasteiger partial charge in [0.2, 0.25) is 0 Å². The van der Waals surface area contributed by atoms with Gasteiger partial charge in [-0.1, -0.05) is 26.1 Å². The van der Waals surface area contributed by atoms with Gasteiger partial charge in [-0.2, -0.15) is 8.42 Å². The Balaban J connectivity index is 3.95. The minimum absolute atomic E-state index is 0.136. The van der Waals surface area contributed by atoms with Gasteiger partial charge in [-0.05, 0) is 0 Å². The highest BCUT2D eigenvalue weighted by Gasteiger charge is 2.11. The van der Waals surface area contributed by atoms with Crippen LogP contribution in [0, 0.1) is 5.92 Å². The lowest BCUT2D eigenvalue weighted by Gasteiger charge is -2.11. The van der Waals surface area contributed by atoms with Crippen LogP contribution in [0.15, 0.2) is 0 Å². The van der Waals surface area contributed by atoms with Crippen LogP contribution < -0.4 is 15.2 Å². The highest BCUT2D eigenvalue weighted by Crippen LogP contribution is 1.92. The summed E-state index contributed by atoms with van der Waals surface area (Å²) in [5, 5.41) is 0. The number of hydrogen-bond donors (Lipinski definition) is 3. The second-order valence-corrected chi connectivity index (χ2v) is 4.71. The fraction of sp³-hybridized carbons (Fsp3) is 0.833. The minimum Gasteiger partial charge on any atom is -0.393 e. The van der Waals surface area contributed by atoms with Crippen molar-refractivity contribution in [2.75, 3.05) is 13.1 Å². The molecule has 4 N–H and O–H groups in total. The predicted octanol–water partition coefficient (Wildman–Crippen LogP) is -0.647. The van der Waals surface area contributed by atoms with Crippen LogP contribution >= 0.6 is 12.2 Å². The molecule has 0 saturated carbocycles. The number of nitrogens with one attached hydrogen (secondary N) is 2. The van der Waals surface area contributed by atoms with Gasteiger partial charge >= 0.3 is 0 Å². The van der Waals surface area contributed by atoms with Crippen LogP contribution in [0.5, 0.6) is 0 Å². The third-order valence-electron chi connectivity index (χ3n) is 1.40. The van der Waals surface area contributed by atoms with E-state index < -0.39 is 10.2 Å². The molecule has 13 heavy (non-hydrogen) atoms. The molecule has 0 aliphatic heterocycles. The van der Waals surface area contributed by atoms with Crippen molar-refractivity contribution in [3.05, 3.63) is 0 Å². The van der Waals surface area contributed by atoms with Gasteiger partial charge < -0.3 is 5.73 Å². The maximum Gasteiger partial charge on any atom is 0.276 e. The first-order chi connectivity index (χ1) is 5.89. The van der Waals surface area contributed by atoms with Gasteiger partial charge in [-0.15, -0.1) is 0 Å². The summed E-state index contributed by atoms with van der Waals surface area (Å²) in [6.07, 6.45) is 0. The Morgan fingerprint density at radius 1 is 1.54 bits per heavy atom. The van der Waals surface area contributed by atoms with Gasteiger partial charge in [-0.3, -0.25) is 0 Å². The first-order valence-electron chi connectivity index (χ1n) is 3.92. The Labute approximate surface area is 84.3 Å². The Kier molecular flexibility index (Phi) is 5.38. The highest BCUT2D eigenvalue weighted by molar-refractivity contribution is 7.87. The van der Waals surface area contributed by atoms with Gasteiger partial charge in [0.15, 0.2) is 0 Å². The molecule has 7 heteroatoms. The van der Waals surface area contributed by atoms with Crippen LogP contribution in [0.2, 0.25) is 0 Å². The minimum atomic E-state index is -3.38. The lowest BCUT2D eigenvalue weighted by molar-refractivity contribution is 0.562. The first-order valence-corrected chi connectivity index (χ1v) is 5.81. The van der Waals surface area contributed by atoms with Crippen molar-refractivity contribution in [1.82, 2.24) is 9.44 Å². The molecule has 1 atom stereocenters. The molecule has 0 rings (SSSR count). The molecule has 0 spiro atoms. The van der Waals surface area contributed by atoms with Crippen molar-refractivity contribution in [3.63, 3.8) is 0 Å². The smallest absolute Gasteiger partial charge is 0.276 e. The molecule has 78 valence electrons. The summed E-state index contributed by atoms with van der Waals surface area (Å²) >= 11 is 4.69. The normalized spacial score (nSPS) is 14.0. The second kappa shape index (κ2) is 5.48. The molecule has 0 aromatic heterocycles. The van der Waals surface area contributed by atoms with Crippen LogP contribution in [0.25, 0.3) is 0 Å². The van der Waals surface area contributed by atoms with E-state index in [4.69, 9.17) is 18.0 Å². The lowest BCUT2D eigenvalue weighted by Crippen LogP contribution is -2.40. The van der Waals surface area contributed by atoms with E-state index in [0.717, 1.165) is 0 Å². The van der Waals surface area contributed by atoms with Crippen molar-refractivity contribution in [1.29, 1.82) is 0 Å². The Morgan fingerprint density at radius 3 is 2.46 bits per heavy atom. The third kappa shape index (κ3) is 5.92. The predicted molar refractivity (Wildman–Crippen MR) is 56.5 cm³/mol. The highest BCUT2D eigenvalue weighted by atomic mass is 32.2. The van der Waals surface area contributed by atoms with E-state index in [2.05, 4.69) is 9.44 Å². The van der Waals surface area contributed by atoms with E-state index in [9.17, 15) is 8.42 Å². The number of rotatable bonds is 6. The molecule has 0 aliphatic rings. The molecular weight excluding hydrogens is 210 g/mol. The van der Waals surface area contributed by atoms with E-state index in [1.807, 2.05) is 0 Å². The van der Waals surface area contributed by atoms with Crippen LogP contribution in [0.1, 0.15) is 13.8 Å². The molecule has 0 fully saturated rings. The van der Waals surface area contributed by atoms with E-state index >= 15 is 0 Å². The SMILES string of the molecule is CCNS(=O)(=O)NCC(C)C(N)=S. The first kappa shape index (κ1) is 12.8. The molecule has 0 heterocycles.